The highest BCUT2D eigenvalue weighted by Gasteiger charge is 2.15. The lowest BCUT2D eigenvalue weighted by Crippen LogP contribution is -2.37. The minimum atomic E-state index is 0. The van der Waals surface area contributed by atoms with Crippen LogP contribution >= 0.6 is 47.2 Å². The Balaban J connectivity index is 0.00000420. The first-order valence-corrected chi connectivity index (χ1v) is 9.45. The molecule has 0 saturated heterocycles. The number of methoxy groups -OCH3 is 3. The Hall–Kier alpha value is -1.58. The minimum Gasteiger partial charge on any atom is -0.493 e. The van der Waals surface area contributed by atoms with Crippen molar-refractivity contribution in [1.29, 1.82) is 0 Å². The van der Waals surface area contributed by atoms with Crippen molar-refractivity contribution in [3.8, 4) is 17.2 Å². The van der Waals surface area contributed by atoms with E-state index in [1.54, 1.807) is 34.4 Å². The smallest absolute Gasteiger partial charge is 0.203 e. The van der Waals surface area contributed by atoms with Crippen molar-refractivity contribution < 1.29 is 14.2 Å². The van der Waals surface area contributed by atoms with Crippen LogP contribution in [-0.2, 0) is 13.0 Å². The number of guanidine groups is 1. The van der Waals surface area contributed by atoms with E-state index in [9.17, 15) is 0 Å². The number of halogens is 3. The van der Waals surface area contributed by atoms with Crippen LogP contribution in [0.5, 0.6) is 17.2 Å². The van der Waals surface area contributed by atoms with E-state index in [0.717, 1.165) is 11.1 Å². The first-order chi connectivity index (χ1) is 13.5. The van der Waals surface area contributed by atoms with E-state index < -0.39 is 0 Å². The van der Waals surface area contributed by atoms with Gasteiger partial charge in [0.25, 0.3) is 0 Å². The van der Waals surface area contributed by atoms with Crippen LogP contribution in [0.25, 0.3) is 0 Å². The summed E-state index contributed by atoms with van der Waals surface area (Å²) < 4.78 is 16.3. The molecule has 0 aliphatic heterocycles. The molecule has 0 heterocycles. The van der Waals surface area contributed by atoms with Crippen molar-refractivity contribution in [2.75, 3.05) is 34.9 Å². The van der Waals surface area contributed by atoms with Gasteiger partial charge in [-0.25, -0.2) is 0 Å². The van der Waals surface area contributed by atoms with Gasteiger partial charge in [0, 0.05) is 35.7 Å². The van der Waals surface area contributed by atoms with E-state index >= 15 is 0 Å². The molecule has 0 unspecified atom stereocenters. The van der Waals surface area contributed by atoms with Crippen molar-refractivity contribution in [3.05, 3.63) is 51.5 Å². The molecule has 0 aromatic heterocycles. The zero-order chi connectivity index (χ0) is 20.5. The summed E-state index contributed by atoms with van der Waals surface area (Å²) >= 11 is 12.1. The number of hydrogen-bond donors (Lipinski definition) is 2. The molecule has 0 amide bonds. The molecule has 0 aliphatic rings. The number of rotatable bonds is 8. The van der Waals surface area contributed by atoms with E-state index in [4.69, 9.17) is 37.4 Å². The molecule has 0 atom stereocenters. The first kappa shape index (κ1) is 25.5. The molecule has 0 aliphatic carbocycles. The Morgan fingerprint density at radius 3 is 2.21 bits per heavy atom. The monoisotopic (exact) mass is 553 g/mol. The van der Waals surface area contributed by atoms with E-state index in [1.165, 1.54) is 0 Å². The highest BCUT2D eigenvalue weighted by molar-refractivity contribution is 14.0. The Labute approximate surface area is 198 Å². The lowest BCUT2D eigenvalue weighted by molar-refractivity contribution is 0.322. The summed E-state index contributed by atoms with van der Waals surface area (Å²) in [5.41, 5.74) is 1.94. The third-order valence-corrected chi connectivity index (χ3v) is 4.74. The fourth-order valence-electron chi connectivity index (χ4n) is 2.74. The summed E-state index contributed by atoms with van der Waals surface area (Å²) in [5, 5.41) is 7.74. The molecular formula is C20H26Cl2IN3O3. The summed E-state index contributed by atoms with van der Waals surface area (Å²) in [7, 11) is 6.53. The number of benzene rings is 2. The topological polar surface area (TPSA) is 64.1 Å². The highest BCUT2D eigenvalue weighted by Crippen LogP contribution is 2.39. The van der Waals surface area contributed by atoms with Crippen molar-refractivity contribution in [2.24, 2.45) is 4.99 Å². The van der Waals surface area contributed by atoms with Gasteiger partial charge in [-0.2, -0.15) is 0 Å². The molecule has 29 heavy (non-hydrogen) atoms. The third kappa shape index (κ3) is 7.01. The molecule has 0 saturated carbocycles. The minimum absolute atomic E-state index is 0. The van der Waals surface area contributed by atoms with Gasteiger partial charge in [0.05, 0.1) is 21.3 Å². The number of hydrogen-bond acceptors (Lipinski definition) is 4. The van der Waals surface area contributed by atoms with Crippen molar-refractivity contribution in [1.82, 2.24) is 10.6 Å². The van der Waals surface area contributed by atoms with Gasteiger partial charge in [-0.3, -0.25) is 4.99 Å². The Morgan fingerprint density at radius 2 is 1.62 bits per heavy atom. The van der Waals surface area contributed by atoms with Crippen LogP contribution in [0.3, 0.4) is 0 Å². The first-order valence-electron chi connectivity index (χ1n) is 8.70. The molecule has 2 aromatic rings. The number of ether oxygens (including phenoxy) is 3. The number of nitrogens with zero attached hydrogens (tertiary/aromatic N) is 1. The fourth-order valence-corrected chi connectivity index (χ4v) is 3.22. The molecule has 2 rings (SSSR count). The average molecular weight is 554 g/mol. The van der Waals surface area contributed by atoms with Crippen LogP contribution < -0.4 is 24.8 Å². The molecule has 0 fully saturated rings. The number of aliphatic imine (C=N–C) groups is 1. The zero-order valence-corrected chi connectivity index (χ0v) is 20.7. The highest BCUT2D eigenvalue weighted by atomic mass is 127. The average Bonchev–Trinajstić information content (AvgIpc) is 2.70. The van der Waals surface area contributed by atoms with E-state index in [2.05, 4.69) is 15.6 Å². The van der Waals surface area contributed by atoms with Crippen LogP contribution in [0.15, 0.2) is 35.3 Å². The van der Waals surface area contributed by atoms with Crippen LogP contribution in [0.4, 0.5) is 0 Å². The van der Waals surface area contributed by atoms with Crippen LogP contribution in [-0.4, -0.2) is 40.9 Å². The Bertz CT molecular complexity index is 835. The molecule has 2 aromatic carbocycles. The van der Waals surface area contributed by atoms with Gasteiger partial charge in [0.15, 0.2) is 17.5 Å². The van der Waals surface area contributed by atoms with Gasteiger partial charge < -0.3 is 24.8 Å². The van der Waals surface area contributed by atoms with Crippen LogP contribution in [0.2, 0.25) is 10.0 Å². The maximum absolute atomic E-state index is 6.21. The van der Waals surface area contributed by atoms with Crippen molar-refractivity contribution >= 4 is 53.1 Å². The lowest BCUT2D eigenvalue weighted by atomic mass is 10.1. The maximum atomic E-state index is 6.21. The van der Waals surface area contributed by atoms with Crippen molar-refractivity contribution in [2.45, 2.75) is 13.0 Å². The molecule has 160 valence electrons. The van der Waals surface area contributed by atoms with E-state index in [1.807, 2.05) is 24.3 Å². The van der Waals surface area contributed by atoms with Gasteiger partial charge in [-0.1, -0.05) is 35.3 Å². The second kappa shape index (κ2) is 12.9. The van der Waals surface area contributed by atoms with Gasteiger partial charge in [-0.15, -0.1) is 24.0 Å². The second-order valence-corrected chi connectivity index (χ2v) is 6.68. The molecule has 2 N–H and O–H groups in total. The predicted octanol–water partition coefficient (Wildman–Crippen LogP) is 4.54. The fraction of sp³-hybridized carbons (Fsp3) is 0.350. The van der Waals surface area contributed by atoms with Gasteiger partial charge in [0.2, 0.25) is 5.75 Å². The normalized spacial score (nSPS) is 10.8. The van der Waals surface area contributed by atoms with Crippen LogP contribution in [0.1, 0.15) is 11.1 Å². The zero-order valence-electron chi connectivity index (χ0n) is 16.8. The molecule has 0 radical (unpaired) electrons. The predicted molar refractivity (Wildman–Crippen MR) is 130 cm³/mol. The molecule has 0 spiro atoms. The molecule has 9 heteroatoms. The third-order valence-electron chi connectivity index (χ3n) is 4.16. The second-order valence-electron chi connectivity index (χ2n) is 5.83. The summed E-state index contributed by atoms with van der Waals surface area (Å²) in [6, 6.07) is 9.25. The van der Waals surface area contributed by atoms with E-state index in [0.29, 0.717) is 52.8 Å². The summed E-state index contributed by atoms with van der Waals surface area (Å²) in [4.78, 5) is 4.23. The molecule has 0 bridgehead atoms. The van der Waals surface area contributed by atoms with Crippen LogP contribution in [0, 0.1) is 0 Å². The van der Waals surface area contributed by atoms with Gasteiger partial charge in [-0.05, 0) is 30.2 Å². The van der Waals surface area contributed by atoms with Gasteiger partial charge in [0.1, 0.15) is 0 Å². The summed E-state index contributed by atoms with van der Waals surface area (Å²) in [6.07, 6.45) is 0.714. The summed E-state index contributed by atoms with van der Waals surface area (Å²) in [5.74, 6) is 2.56. The molecule has 6 nitrogen and oxygen atoms in total. The van der Waals surface area contributed by atoms with Gasteiger partial charge >= 0.3 is 0 Å². The Kier molecular flexibility index (Phi) is 11.3. The Morgan fingerprint density at radius 1 is 0.931 bits per heavy atom. The summed E-state index contributed by atoms with van der Waals surface area (Å²) in [6.45, 7) is 1.19. The standard InChI is InChI=1S/C20H25Cl2N3O3.HI/c1-23-20(25-12-14-5-7-15(21)11-16(14)22)24-10-9-13-6-8-17(26-2)19(28-4)18(13)27-3;/h5-8,11H,9-10,12H2,1-4H3,(H2,23,24,25);1H. The van der Waals surface area contributed by atoms with Crippen molar-refractivity contribution in [3.63, 3.8) is 0 Å². The SMILES string of the molecule is CN=C(NCCc1ccc(OC)c(OC)c1OC)NCc1ccc(Cl)cc1Cl.I. The lowest BCUT2D eigenvalue weighted by Gasteiger charge is -2.17. The maximum Gasteiger partial charge on any atom is 0.203 e. The molecular weight excluding hydrogens is 528 g/mol. The largest absolute Gasteiger partial charge is 0.493 e. The van der Waals surface area contributed by atoms with E-state index in [-0.39, 0.29) is 24.0 Å². The number of nitrogens with one attached hydrogen (secondary N) is 2. The quantitative estimate of drug-likeness (QED) is 0.285.